The van der Waals surface area contributed by atoms with Crippen molar-refractivity contribution in [3.8, 4) is 11.5 Å². The molecule has 1 N–H and O–H groups in total. The van der Waals surface area contributed by atoms with Crippen LogP contribution >= 0.6 is 15.9 Å². The average Bonchev–Trinajstić information content (AvgIpc) is 2.69. The minimum atomic E-state index is -3.96. The maximum Gasteiger partial charge on any atom is 0.247 e. The number of methoxy groups -OCH3 is 1. The number of ether oxygens (including phenoxy) is 2. The zero-order chi connectivity index (χ0) is 21.4. The summed E-state index contributed by atoms with van der Waals surface area (Å²) in [5, 5.41) is 2.71. The lowest BCUT2D eigenvalue weighted by molar-refractivity contribution is -0.116. The second kappa shape index (κ2) is 10.6. The van der Waals surface area contributed by atoms with Gasteiger partial charge in [0.2, 0.25) is 15.9 Å². The van der Waals surface area contributed by atoms with Gasteiger partial charge in [0.25, 0.3) is 0 Å². The Hall–Kier alpha value is -2.10. The predicted molar refractivity (Wildman–Crippen MR) is 116 cm³/mol. The Morgan fingerprint density at radius 3 is 2.52 bits per heavy atom. The van der Waals surface area contributed by atoms with Crippen molar-refractivity contribution in [2.75, 3.05) is 32.1 Å². The Morgan fingerprint density at radius 1 is 1.14 bits per heavy atom. The normalized spacial score (nSPS) is 11.3. The van der Waals surface area contributed by atoms with Gasteiger partial charge in [-0.25, -0.2) is 8.42 Å². The fourth-order valence-corrected chi connectivity index (χ4v) is 4.89. The summed E-state index contributed by atoms with van der Waals surface area (Å²) >= 11 is 3.31. The monoisotopic (exact) mass is 484 g/mol. The van der Waals surface area contributed by atoms with Crippen LogP contribution in [0.5, 0.6) is 11.5 Å². The molecular weight excluding hydrogens is 460 g/mol. The first-order valence-corrected chi connectivity index (χ1v) is 11.4. The molecule has 0 bridgehead atoms. The summed E-state index contributed by atoms with van der Waals surface area (Å²) in [7, 11) is -2.45. The zero-order valence-electron chi connectivity index (χ0n) is 16.6. The average molecular weight is 485 g/mol. The third kappa shape index (κ3) is 5.94. The van der Waals surface area contributed by atoms with Crippen LogP contribution < -0.4 is 14.8 Å². The Bertz CT molecular complexity index is 950. The maximum atomic E-state index is 13.3. The Labute approximate surface area is 180 Å². The lowest BCUT2D eigenvalue weighted by atomic mass is 10.3. The molecule has 0 saturated carbocycles. The number of amides is 1. The summed E-state index contributed by atoms with van der Waals surface area (Å²) in [6.45, 7) is 3.83. The van der Waals surface area contributed by atoms with E-state index in [1.807, 2.05) is 6.92 Å². The van der Waals surface area contributed by atoms with Crippen LogP contribution in [0.2, 0.25) is 0 Å². The van der Waals surface area contributed by atoms with Crippen LogP contribution in [0.1, 0.15) is 20.3 Å². The quantitative estimate of drug-likeness (QED) is 0.552. The van der Waals surface area contributed by atoms with Crippen LogP contribution in [0.15, 0.2) is 51.8 Å². The summed E-state index contributed by atoms with van der Waals surface area (Å²) in [6.07, 6.45) is 0.555. The van der Waals surface area contributed by atoms with Crippen molar-refractivity contribution in [3.05, 3.63) is 46.9 Å². The molecule has 0 spiro atoms. The molecular formula is C20H25BrN2O5S. The summed E-state index contributed by atoms with van der Waals surface area (Å²) in [5.74, 6) is 0.290. The van der Waals surface area contributed by atoms with E-state index in [4.69, 9.17) is 9.47 Å². The van der Waals surface area contributed by atoms with Gasteiger partial charge in [-0.1, -0.05) is 35.0 Å². The van der Waals surface area contributed by atoms with Gasteiger partial charge in [0.1, 0.15) is 16.4 Å². The van der Waals surface area contributed by atoms with Crippen LogP contribution in [0, 0.1) is 0 Å². The highest BCUT2D eigenvalue weighted by Gasteiger charge is 2.29. The molecule has 29 heavy (non-hydrogen) atoms. The van der Waals surface area contributed by atoms with E-state index in [1.165, 1.54) is 13.2 Å². The highest BCUT2D eigenvalue weighted by molar-refractivity contribution is 9.10. The van der Waals surface area contributed by atoms with Gasteiger partial charge in [-0.3, -0.25) is 4.79 Å². The Balaban J connectivity index is 2.30. The van der Waals surface area contributed by atoms with Crippen molar-refractivity contribution >= 4 is 37.5 Å². The third-order valence-corrected chi connectivity index (χ3v) is 6.36. The van der Waals surface area contributed by atoms with E-state index in [0.717, 1.165) is 4.31 Å². The van der Waals surface area contributed by atoms with Crippen molar-refractivity contribution in [2.24, 2.45) is 0 Å². The number of carbonyl (C=O) groups is 1. The van der Waals surface area contributed by atoms with Crippen molar-refractivity contribution < 1.29 is 22.7 Å². The van der Waals surface area contributed by atoms with E-state index in [-0.39, 0.29) is 23.7 Å². The fourth-order valence-electron chi connectivity index (χ4n) is 2.73. The second-order valence-electron chi connectivity index (χ2n) is 6.11. The van der Waals surface area contributed by atoms with Crippen molar-refractivity contribution in [2.45, 2.75) is 25.2 Å². The van der Waals surface area contributed by atoms with Gasteiger partial charge in [0.15, 0.2) is 0 Å². The zero-order valence-corrected chi connectivity index (χ0v) is 19.0. The van der Waals surface area contributed by atoms with Crippen molar-refractivity contribution in [3.63, 3.8) is 0 Å². The van der Waals surface area contributed by atoms with E-state index in [2.05, 4.69) is 21.2 Å². The molecule has 0 unspecified atom stereocenters. The van der Waals surface area contributed by atoms with Crippen LogP contribution in [0.25, 0.3) is 0 Å². The van der Waals surface area contributed by atoms with E-state index in [9.17, 15) is 13.2 Å². The molecule has 0 aliphatic rings. The molecule has 2 rings (SSSR count). The van der Waals surface area contributed by atoms with E-state index in [1.54, 1.807) is 43.3 Å². The van der Waals surface area contributed by atoms with Crippen LogP contribution in [0.3, 0.4) is 0 Å². The van der Waals surface area contributed by atoms with Gasteiger partial charge in [-0.15, -0.1) is 0 Å². The molecule has 2 aromatic carbocycles. The number of hydrogen-bond donors (Lipinski definition) is 1. The largest absolute Gasteiger partial charge is 0.495 e. The van der Waals surface area contributed by atoms with Crippen molar-refractivity contribution in [1.82, 2.24) is 4.31 Å². The first-order chi connectivity index (χ1) is 13.8. The van der Waals surface area contributed by atoms with Gasteiger partial charge < -0.3 is 14.8 Å². The minimum absolute atomic E-state index is 0.0206. The van der Waals surface area contributed by atoms with E-state index >= 15 is 0 Å². The fraction of sp³-hybridized carbons (Fsp3) is 0.350. The molecule has 1 amide bonds. The number of benzene rings is 2. The summed E-state index contributed by atoms with van der Waals surface area (Å²) in [6, 6.07) is 11.7. The highest BCUT2D eigenvalue weighted by atomic mass is 79.9. The molecule has 0 atom stereocenters. The van der Waals surface area contributed by atoms with Gasteiger partial charge in [-0.05, 0) is 43.7 Å². The van der Waals surface area contributed by atoms with Crippen molar-refractivity contribution in [1.29, 1.82) is 0 Å². The molecule has 0 aliphatic heterocycles. The van der Waals surface area contributed by atoms with E-state index in [0.29, 0.717) is 28.9 Å². The standard InChI is InChI=1S/C20H25BrN2O5S/c1-4-12-23(14-20(24)22-16-8-6-7-9-17(16)27-3)29(25,26)19-13-15(21)10-11-18(19)28-5-2/h6-11,13H,4-5,12,14H2,1-3H3,(H,22,24). The third-order valence-electron chi connectivity index (χ3n) is 4.00. The lowest BCUT2D eigenvalue weighted by Crippen LogP contribution is -2.38. The maximum absolute atomic E-state index is 13.3. The SMILES string of the molecule is CCCN(CC(=O)Nc1ccccc1OC)S(=O)(=O)c1cc(Br)ccc1OCC. The smallest absolute Gasteiger partial charge is 0.247 e. The van der Waals surface area contributed by atoms with Gasteiger partial charge >= 0.3 is 0 Å². The lowest BCUT2D eigenvalue weighted by Gasteiger charge is -2.23. The number of nitrogens with one attached hydrogen (secondary N) is 1. The molecule has 9 heteroatoms. The molecule has 158 valence electrons. The first kappa shape index (κ1) is 23.2. The number of sulfonamides is 1. The first-order valence-electron chi connectivity index (χ1n) is 9.18. The summed E-state index contributed by atoms with van der Waals surface area (Å²) in [4.78, 5) is 12.6. The number of rotatable bonds is 10. The summed E-state index contributed by atoms with van der Waals surface area (Å²) in [5.41, 5.74) is 0.478. The van der Waals surface area contributed by atoms with Gasteiger partial charge in [0, 0.05) is 11.0 Å². The molecule has 7 nitrogen and oxygen atoms in total. The predicted octanol–water partition coefficient (Wildman–Crippen LogP) is 3.90. The van der Waals surface area contributed by atoms with Crippen LogP contribution in [-0.4, -0.2) is 45.4 Å². The molecule has 0 fully saturated rings. The highest BCUT2D eigenvalue weighted by Crippen LogP contribution is 2.30. The number of carbonyl (C=O) groups excluding carboxylic acids is 1. The number of hydrogen-bond acceptors (Lipinski definition) is 5. The topological polar surface area (TPSA) is 84.9 Å². The number of nitrogens with zero attached hydrogens (tertiary/aromatic N) is 1. The van der Waals surface area contributed by atoms with Crippen LogP contribution in [0.4, 0.5) is 5.69 Å². The number of anilines is 1. The molecule has 0 radical (unpaired) electrons. The molecule has 0 saturated heterocycles. The number of halogens is 1. The Morgan fingerprint density at radius 2 is 1.86 bits per heavy atom. The minimum Gasteiger partial charge on any atom is -0.495 e. The molecule has 0 aromatic heterocycles. The Kier molecular flexibility index (Phi) is 8.48. The van der Waals surface area contributed by atoms with Gasteiger partial charge in [-0.2, -0.15) is 4.31 Å². The second-order valence-corrected chi connectivity index (χ2v) is 8.93. The van der Waals surface area contributed by atoms with E-state index < -0.39 is 15.9 Å². The molecule has 2 aromatic rings. The number of para-hydroxylation sites is 2. The molecule has 0 heterocycles. The summed E-state index contributed by atoms with van der Waals surface area (Å²) < 4.78 is 39.1. The molecule has 0 aliphatic carbocycles. The van der Waals surface area contributed by atoms with Crippen LogP contribution in [-0.2, 0) is 14.8 Å². The van der Waals surface area contributed by atoms with Gasteiger partial charge in [0.05, 0.1) is 25.9 Å².